The van der Waals surface area contributed by atoms with Crippen LogP contribution in [0, 0.1) is 23.2 Å². The maximum atomic E-state index is 12.3. The number of aryl methyl sites for hydroxylation is 1. The molecule has 0 aliphatic heterocycles. The van der Waals surface area contributed by atoms with E-state index in [9.17, 15) is 13.7 Å². The third-order valence-electron chi connectivity index (χ3n) is 3.25. The van der Waals surface area contributed by atoms with Gasteiger partial charge in [0.2, 0.25) is 5.82 Å². The minimum Gasteiger partial charge on any atom is -0.432 e. The van der Waals surface area contributed by atoms with Crippen LogP contribution in [0.2, 0.25) is 0 Å². The third-order valence-corrected chi connectivity index (χ3v) is 3.25. The summed E-state index contributed by atoms with van der Waals surface area (Å²) in [5.74, 6) is -0.529. The van der Waals surface area contributed by atoms with Crippen molar-refractivity contribution in [3.8, 4) is 11.8 Å². The van der Waals surface area contributed by atoms with Crippen molar-refractivity contribution in [3.05, 3.63) is 39.7 Å². The van der Waals surface area contributed by atoms with E-state index in [1.807, 2.05) is 0 Å². The first-order valence-corrected chi connectivity index (χ1v) is 6.60. The number of hydrogen-bond acceptors (Lipinski definition) is 8. The van der Waals surface area contributed by atoms with Gasteiger partial charge in [0, 0.05) is 23.4 Å². The Morgan fingerprint density at radius 3 is 2.62 bits per heavy atom. The van der Waals surface area contributed by atoms with Crippen LogP contribution < -0.4 is 16.2 Å². The number of nitrogens with two attached hydrogens (primary N) is 2. The lowest BCUT2D eigenvalue weighted by Crippen LogP contribution is -2.08. The van der Waals surface area contributed by atoms with E-state index in [-0.39, 0.29) is 35.1 Å². The number of nitriles is 1. The first-order chi connectivity index (χ1) is 11.4. The average molecular weight is 334 g/mol. The van der Waals surface area contributed by atoms with Crippen molar-refractivity contribution in [1.82, 2.24) is 9.97 Å². The Balaban J connectivity index is 2.41. The van der Waals surface area contributed by atoms with E-state index < -0.39 is 6.61 Å². The number of nitroso groups, excluding NO2 is 1. The van der Waals surface area contributed by atoms with Crippen molar-refractivity contribution in [2.24, 2.45) is 5.18 Å². The fourth-order valence-corrected chi connectivity index (χ4v) is 2.09. The largest absolute Gasteiger partial charge is 0.432 e. The molecule has 2 aromatic heterocycles. The molecule has 2 aromatic rings. The van der Waals surface area contributed by atoms with Gasteiger partial charge in [-0.25, -0.2) is 9.97 Å². The molecule has 0 unspecified atom stereocenters. The predicted octanol–water partition coefficient (Wildman–Crippen LogP) is 2.41. The molecule has 10 heteroatoms. The fourth-order valence-electron chi connectivity index (χ4n) is 2.09. The smallest absolute Gasteiger partial charge is 0.387 e. The number of ether oxygens (including phenoxy) is 1. The summed E-state index contributed by atoms with van der Waals surface area (Å²) in [7, 11) is 0. The molecule has 8 nitrogen and oxygen atoms in total. The molecule has 0 aliphatic carbocycles. The van der Waals surface area contributed by atoms with Crippen LogP contribution in [0.5, 0.6) is 5.75 Å². The van der Waals surface area contributed by atoms with Gasteiger partial charge in [-0.2, -0.15) is 14.0 Å². The van der Waals surface area contributed by atoms with Gasteiger partial charge in [-0.15, -0.1) is 4.91 Å². The van der Waals surface area contributed by atoms with Gasteiger partial charge in [-0.05, 0) is 24.2 Å². The number of halogens is 2. The minimum absolute atomic E-state index is 0.0521. The first-order valence-electron chi connectivity index (χ1n) is 6.60. The van der Waals surface area contributed by atoms with E-state index in [1.165, 1.54) is 12.1 Å². The molecule has 0 saturated heterocycles. The van der Waals surface area contributed by atoms with Crippen LogP contribution in [0.1, 0.15) is 22.6 Å². The van der Waals surface area contributed by atoms with Crippen LogP contribution in [-0.4, -0.2) is 16.6 Å². The molecule has 0 atom stereocenters. The number of nitrogens with zero attached hydrogens (tertiary/aromatic N) is 4. The highest BCUT2D eigenvalue weighted by Crippen LogP contribution is 2.32. The van der Waals surface area contributed by atoms with Crippen LogP contribution in [0.4, 0.5) is 26.0 Å². The highest BCUT2D eigenvalue weighted by molar-refractivity contribution is 5.77. The lowest BCUT2D eigenvalue weighted by atomic mass is 10.0. The van der Waals surface area contributed by atoms with Gasteiger partial charge >= 0.3 is 6.61 Å². The first kappa shape index (κ1) is 17.0. The molecule has 0 spiro atoms. The lowest BCUT2D eigenvalue weighted by Gasteiger charge is -2.12. The zero-order valence-corrected chi connectivity index (χ0v) is 12.5. The molecule has 124 valence electrons. The van der Waals surface area contributed by atoms with E-state index in [0.29, 0.717) is 17.0 Å². The van der Waals surface area contributed by atoms with Crippen molar-refractivity contribution >= 4 is 17.2 Å². The molecule has 4 N–H and O–H groups in total. The van der Waals surface area contributed by atoms with E-state index in [2.05, 4.69) is 19.9 Å². The topological polar surface area (TPSA) is 140 Å². The van der Waals surface area contributed by atoms with Crippen molar-refractivity contribution in [2.45, 2.75) is 20.0 Å². The summed E-state index contributed by atoms with van der Waals surface area (Å²) >= 11 is 0. The Labute approximate surface area is 135 Å². The quantitative estimate of drug-likeness (QED) is 0.800. The number of hydrogen-bond donors (Lipinski definition) is 2. The van der Waals surface area contributed by atoms with Gasteiger partial charge in [0.1, 0.15) is 11.8 Å². The Morgan fingerprint density at radius 2 is 2.04 bits per heavy atom. The van der Waals surface area contributed by atoms with Gasteiger partial charge in [-0.1, -0.05) is 0 Å². The molecule has 0 radical (unpaired) electrons. The van der Waals surface area contributed by atoms with Crippen LogP contribution in [0.15, 0.2) is 17.3 Å². The van der Waals surface area contributed by atoms with Crippen LogP contribution in [0.25, 0.3) is 0 Å². The van der Waals surface area contributed by atoms with E-state index in [4.69, 9.17) is 16.7 Å². The Morgan fingerprint density at radius 1 is 1.33 bits per heavy atom. The van der Waals surface area contributed by atoms with Crippen LogP contribution >= 0.6 is 0 Å². The van der Waals surface area contributed by atoms with Gasteiger partial charge in [0.25, 0.3) is 0 Å². The monoisotopic (exact) mass is 334 g/mol. The molecule has 2 rings (SSSR count). The summed E-state index contributed by atoms with van der Waals surface area (Å²) < 4.78 is 28.8. The second-order valence-electron chi connectivity index (χ2n) is 4.73. The second kappa shape index (κ2) is 6.82. The number of rotatable bonds is 5. The fraction of sp³-hybridized carbons (Fsp3) is 0.214. The zero-order chi connectivity index (χ0) is 17.9. The summed E-state index contributed by atoms with van der Waals surface area (Å²) in [5.41, 5.74) is 12.7. The third kappa shape index (κ3) is 3.35. The second-order valence-corrected chi connectivity index (χ2v) is 4.73. The van der Waals surface area contributed by atoms with Crippen molar-refractivity contribution in [3.63, 3.8) is 0 Å². The average Bonchev–Trinajstić information content (AvgIpc) is 2.55. The summed E-state index contributed by atoms with van der Waals surface area (Å²) in [5, 5.41) is 11.7. The highest BCUT2D eigenvalue weighted by Gasteiger charge is 2.17. The molecule has 0 amide bonds. The van der Waals surface area contributed by atoms with Crippen molar-refractivity contribution in [2.75, 3.05) is 11.5 Å². The predicted molar refractivity (Wildman–Crippen MR) is 81.6 cm³/mol. The maximum absolute atomic E-state index is 12.3. The van der Waals surface area contributed by atoms with E-state index >= 15 is 0 Å². The number of pyridine rings is 2. The van der Waals surface area contributed by atoms with Gasteiger partial charge < -0.3 is 16.2 Å². The number of aromatic nitrogens is 2. The minimum atomic E-state index is -3.06. The molecule has 2 heterocycles. The van der Waals surface area contributed by atoms with Gasteiger partial charge in [0.05, 0.1) is 5.69 Å². The summed E-state index contributed by atoms with van der Waals surface area (Å²) in [6.07, 6.45) is 0.137. The Hall–Kier alpha value is -3.35. The normalized spacial score (nSPS) is 10.5. The number of anilines is 2. The van der Waals surface area contributed by atoms with Crippen molar-refractivity contribution in [1.29, 1.82) is 5.26 Å². The SMILES string of the molecule is Cc1nc(N=O)c(N)c(N)c1Cc1ccc(OC(F)F)c(C#N)n1. The highest BCUT2D eigenvalue weighted by atomic mass is 19.3. The number of alkyl halides is 2. The van der Waals surface area contributed by atoms with E-state index in [0.717, 1.165) is 0 Å². The van der Waals surface area contributed by atoms with Gasteiger partial charge in [0.15, 0.2) is 11.4 Å². The summed E-state index contributed by atoms with van der Waals surface area (Å²) in [6.45, 7) is -1.45. The van der Waals surface area contributed by atoms with Gasteiger partial charge in [-0.3, -0.25) is 0 Å². The molecule has 0 saturated carbocycles. The maximum Gasteiger partial charge on any atom is 0.387 e. The molecule has 0 aliphatic rings. The van der Waals surface area contributed by atoms with Crippen LogP contribution in [-0.2, 0) is 6.42 Å². The Kier molecular flexibility index (Phi) is 4.84. The Bertz CT molecular complexity index is 835. The van der Waals surface area contributed by atoms with Crippen molar-refractivity contribution < 1.29 is 13.5 Å². The molecular weight excluding hydrogens is 322 g/mol. The summed E-state index contributed by atoms with van der Waals surface area (Å²) in [6, 6.07) is 4.32. The molecule has 0 fully saturated rings. The standard InChI is InChI=1S/C14H12F2N6O2/c1-6-8(11(18)12(19)13(20-6)22-23)4-7-2-3-10(24-14(15)16)9(5-17)21-7/h2-3,14H,4,19H2,1H3,(H2,18,20). The molecule has 0 aromatic carbocycles. The van der Waals surface area contributed by atoms with E-state index in [1.54, 1.807) is 13.0 Å². The molecule has 24 heavy (non-hydrogen) atoms. The number of nitrogen functional groups attached to an aromatic ring is 2. The molecular formula is C14H12F2N6O2. The lowest BCUT2D eigenvalue weighted by molar-refractivity contribution is -0.0503. The van der Waals surface area contributed by atoms with Crippen LogP contribution in [0.3, 0.4) is 0 Å². The summed E-state index contributed by atoms with van der Waals surface area (Å²) in [4.78, 5) is 18.6. The molecule has 0 bridgehead atoms. The zero-order valence-electron chi connectivity index (χ0n) is 12.5.